The van der Waals surface area contributed by atoms with Crippen molar-refractivity contribution < 1.29 is 4.39 Å². The first-order valence-electron chi connectivity index (χ1n) is 5.58. The Labute approximate surface area is 101 Å². The minimum atomic E-state index is -0.232. The molecule has 2 heteroatoms. The third kappa shape index (κ3) is 3.52. The van der Waals surface area contributed by atoms with Crippen molar-refractivity contribution in [3.63, 3.8) is 0 Å². The van der Waals surface area contributed by atoms with Crippen molar-refractivity contribution in [2.45, 2.75) is 13.3 Å². The Kier molecular flexibility index (Phi) is 3.66. The van der Waals surface area contributed by atoms with Crippen LogP contribution in [0.2, 0.25) is 0 Å². The molecule has 0 aliphatic rings. The Balaban J connectivity index is 2.09. The summed E-state index contributed by atoms with van der Waals surface area (Å²) in [5, 5.41) is 0. The molecule has 2 aromatic rings. The molecule has 0 unspecified atom stereocenters. The third-order valence-electron chi connectivity index (χ3n) is 2.45. The van der Waals surface area contributed by atoms with E-state index < -0.39 is 0 Å². The summed E-state index contributed by atoms with van der Waals surface area (Å²) in [6.45, 7) is 1.98. The van der Waals surface area contributed by atoms with Crippen LogP contribution in [0.15, 0.2) is 59.6 Å². The van der Waals surface area contributed by atoms with Crippen LogP contribution in [0, 0.1) is 5.82 Å². The van der Waals surface area contributed by atoms with Crippen molar-refractivity contribution in [1.82, 2.24) is 0 Å². The normalized spacial score (nSPS) is 11.5. The lowest BCUT2D eigenvalue weighted by atomic mass is 10.1. The SMILES string of the molecule is CC(Cc1ccccc1)=Nc1ccc(F)cc1. The highest BCUT2D eigenvalue weighted by molar-refractivity contribution is 5.86. The van der Waals surface area contributed by atoms with Gasteiger partial charge >= 0.3 is 0 Å². The molecular weight excluding hydrogens is 213 g/mol. The molecule has 0 saturated carbocycles. The van der Waals surface area contributed by atoms with E-state index in [-0.39, 0.29) is 5.82 Å². The van der Waals surface area contributed by atoms with Gasteiger partial charge in [-0.2, -0.15) is 0 Å². The molecule has 0 spiro atoms. The summed E-state index contributed by atoms with van der Waals surface area (Å²) in [6, 6.07) is 16.4. The molecule has 0 fully saturated rings. The topological polar surface area (TPSA) is 12.4 Å². The second-order valence-electron chi connectivity index (χ2n) is 3.99. The van der Waals surface area contributed by atoms with E-state index in [1.54, 1.807) is 12.1 Å². The average molecular weight is 227 g/mol. The maximum absolute atomic E-state index is 12.7. The van der Waals surface area contributed by atoms with Crippen LogP contribution in [0.25, 0.3) is 0 Å². The van der Waals surface area contributed by atoms with Crippen LogP contribution in [-0.4, -0.2) is 5.71 Å². The van der Waals surface area contributed by atoms with Crippen LogP contribution >= 0.6 is 0 Å². The zero-order valence-electron chi connectivity index (χ0n) is 9.73. The lowest BCUT2D eigenvalue weighted by Gasteiger charge is -2.01. The van der Waals surface area contributed by atoms with Crippen LogP contribution in [-0.2, 0) is 6.42 Å². The summed E-state index contributed by atoms with van der Waals surface area (Å²) in [5.41, 5.74) is 3.04. The Morgan fingerprint density at radius 1 is 1.00 bits per heavy atom. The van der Waals surface area contributed by atoms with Gasteiger partial charge < -0.3 is 0 Å². The maximum Gasteiger partial charge on any atom is 0.123 e. The summed E-state index contributed by atoms with van der Waals surface area (Å²) >= 11 is 0. The Bertz CT molecular complexity index is 500. The molecule has 0 heterocycles. The predicted octanol–water partition coefficient (Wildman–Crippen LogP) is 4.16. The molecule has 0 atom stereocenters. The minimum absolute atomic E-state index is 0.232. The van der Waals surface area contributed by atoms with Gasteiger partial charge in [-0.15, -0.1) is 0 Å². The number of halogens is 1. The monoisotopic (exact) mass is 227 g/mol. The summed E-state index contributed by atoms with van der Waals surface area (Å²) < 4.78 is 12.7. The predicted molar refractivity (Wildman–Crippen MR) is 69.3 cm³/mol. The standard InChI is InChI=1S/C15H14FN/c1-12(11-13-5-3-2-4-6-13)17-15-9-7-14(16)8-10-15/h2-10H,11H2,1H3. The number of hydrogen-bond acceptors (Lipinski definition) is 1. The number of benzene rings is 2. The molecule has 1 nitrogen and oxygen atoms in total. The molecular formula is C15H14FN. The lowest BCUT2D eigenvalue weighted by Crippen LogP contribution is -1.96. The van der Waals surface area contributed by atoms with Gasteiger partial charge in [-0.05, 0) is 36.8 Å². The van der Waals surface area contributed by atoms with Crippen LogP contribution in [0.3, 0.4) is 0 Å². The summed E-state index contributed by atoms with van der Waals surface area (Å²) in [5.74, 6) is -0.232. The van der Waals surface area contributed by atoms with Gasteiger partial charge in [0, 0.05) is 12.1 Å². The molecule has 2 rings (SSSR count). The van der Waals surface area contributed by atoms with E-state index in [0.29, 0.717) is 0 Å². The molecule has 0 N–H and O–H groups in total. The number of aliphatic imine (C=N–C) groups is 1. The molecule has 0 aliphatic carbocycles. The van der Waals surface area contributed by atoms with E-state index in [1.165, 1.54) is 17.7 Å². The zero-order chi connectivity index (χ0) is 12.1. The second-order valence-corrected chi connectivity index (χ2v) is 3.99. The number of nitrogens with zero attached hydrogens (tertiary/aromatic N) is 1. The molecule has 0 radical (unpaired) electrons. The van der Waals surface area contributed by atoms with Gasteiger partial charge in [0.05, 0.1) is 5.69 Å². The molecule has 0 saturated heterocycles. The highest BCUT2D eigenvalue weighted by atomic mass is 19.1. The van der Waals surface area contributed by atoms with Crippen molar-refractivity contribution in [3.05, 3.63) is 66.0 Å². The molecule has 0 amide bonds. The van der Waals surface area contributed by atoms with Crippen molar-refractivity contribution in [2.75, 3.05) is 0 Å². The zero-order valence-corrected chi connectivity index (χ0v) is 9.73. The Morgan fingerprint density at radius 3 is 2.29 bits per heavy atom. The number of rotatable bonds is 3. The largest absolute Gasteiger partial charge is 0.258 e. The Hall–Kier alpha value is -1.96. The van der Waals surface area contributed by atoms with Gasteiger partial charge in [0.2, 0.25) is 0 Å². The van der Waals surface area contributed by atoms with Gasteiger partial charge in [0.25, 0.3) is 0 Å². The molecule has 0 aromatic heterocycles. The van der Waals surface area contributed by atoms with E-state index in [2.05, 4.69) is 17.1 Å². The van der Waals surface area contributed by atoms with Gasteiger partial charge in [-0.1, -0.05) is 30.3 Å². The molecule has 0 aliphatic heterocycles. The van der Waals surface area contributed by atoms with Crippen molar-refractivity contribution in [3.8, 4) is 0 Å². The van der Waals surface area contributed by atoms with Gasteiger partial charge in [0.15, 0.2) is 0 Å². The van der Waals surface area contributed by atoms with Crippen LogP contribution in [0.1, 0.15) is 12.5 Å². The van der Waals surface area contributed by atoms with E-state index >= 15 is 0 Å². The second kappa shape index (κ2) is 5.39. The Morgan fingerprint density at radius 2 is 1.65 bits per heavy atom. The fourth-order valence-electron chi connectivity index (χ4n) is 1.67. The fraction of sp³-hybridized carbons (Fsp3) is 0.133. The van der Waals surface area contributed by atoms with Crippen molar-refractivity contribution in [2.24, 2.45) is 4.99 Å². The minimum Gasteiger partial charge on any atom is -0.258 e. The number of hydrogen-bond donors (Lipinski definition) is 0. The molecule has 17 heavy (non-hydrogen) atoms. The van der Waals surface area contributed by atoms with Gasteiger partial charge in [0.1, 0.15) is 5.82 Å². The van der Waals surface area contributed by atoms with E-state index in [9.17, 15) is 4.39 Å². The molecule has 0 bridgehead atoms. The van der Waals surface area contributed by atoms with Crippen LogP contribution in [0.5, 0.6) is 0 Å². The van der Waals surface area contributed by atoms with Gasteiger partial charge in [-0.25, -0.2) is 4.39 Å². The third-order valence-corrected chi connectivity index (χ3v) is 2.45. The van der Waals surface area contributed by atoms with Crippen molar-refractivity contribution >= 4 is 11.4 Å². The maximum atomic E-state index is 12.7. The first-order valence-corrected chi connectivity index (χ1v) is 5.58. The molecule has 86 valence electrons. The van der Waals surface area contributed by atoms with Crippen LogP contribution < -0.4 is 0 Å². The highest BCUT2D eigenvalue weighted by Gasteiger charge is 1.96. The van der Waals surface area contributed by atoms with E-state index in [0.717, 1.165) is 17.8 Å². The lowest BCUT2D eigenvalue weighted by molar-refractivity contribution is 0.628. The fourth-order valence-corrected chi connectivity index (χ4v) is 1.67. The van der Waals surface area contributed by atoms with E-state index in [4.69, 9.17) is 0 Å². The molecule has 2 aromatic carbocycles. The van der Waals surface area contributed by atoms with E-state index in [1.807, 2.05) is 25.1 Å². The first-order chi connectivity index (χ1) is 8.24. The summed E-state index contributed by atoms with van der Waals surface area (Å²) in [4.78, 5) is 4.45. The van der Waals surface area contributed by atoms with Gasteiger partial charge in [-0.3, -0.25) is 4.99 Å². The van der Waals surface area contributed by atoms with Crippen LogP contribution in [0.4, 0.5) is 10.1 Å². The average Bonchev–Trinajstić information content (AvgIpc) is 2.33. The highest BCUT2D eigenvalue weighted by Crippen LogP contribution is 2.13. The quantitative estimate of drug-likeness (QED) is 0.698. The van der Waals surface area contributed by atoms with Crippen molar-refractivity contribution in [1.29, 1.82) is 0 Å². The summed E-state index contributed by atoms with van der Waals surface area (Å²) in [7, 11) is 0. The first kappa shape index (κ1) is 11.5. The summed E-state index contributed by atoms with van der Waals surface area (Å²) in [6.07, 6.45) is 0.818. The smallest absolute Gasteiger partial charge is 0.123 e.